The molecule has 1 aliphatic heterocycles. The van der Waals surface area contributed by atoms with Crippen LogP contribution in [0, 0.1) is 5.92 Å². The van der Waals surface area contributed by atoms with E-state index in [0.717, 1.165) is 13.0 Å². The first-order chi connectivity index (χ1) is 12.4. The molecule has 4 nitrogen and oxygen atoms in total. The number of carbonyl (C=O) groups excluding carboxylic acids is 1. The second-order valence-electron chi connectivity index (χ2n) is 6.26. The molecule has 1 heterocycles. The molecule has 0 aromatic heterocycles. The van der Waals surface area contributed by atoms with Gasteiger partial charge in [-0.25, -0.2) is 0 Å². The van der Waals surface area contributed by atoms with Crippen molar-refractivity contribution in [1.82, 2.24) is 5.32 Å². The monoisotopic (exact) mass is 364 g/mol. The number of hydrogen-bond acceptors (Lipinski definition) is 3. The van der Waals surface area contributed by atoms with Crippen LogP contribution in [0.15, 0.2) is 54.6 Å². The van der Waals surface area contributed by atoms with Gasteiger partial charge in [0.15, 0.2) is 0 Å². The lowest BCUT2D eigenvalue weighted by Gasteiger charge is -2.29. The number of carbonyl (C=O) groups is 1. The van der Waals surface area contributed by atoms with Gasteiger partial charge >= 0.3 is 6.36 Å². The Morgan fingerprint density at radius 2 is 1.73 bits per heavy atom. The standard InChI is InChI=1S/C19H19F3N2O2/c20-19(21,22)26-17-8-6-16(7-9-17)24-18(25)15-10-14(11-23-12-15)13-4-2-1-3-5-13/h1-9,14-15,23H,10-12H2,(H,24,25)/t14-,15+/m1/s1. The smallest absolute Gasteiger partial charge is 0.406 e. The van der Waals surface area contributed by atoms with E-state index in [1.54, 1.807) is 0 Å². The second kappa shape index (κ2) is 7.78. The fourth-order valence-electron chi connectivity index (χ4n) is 3.11. The molecule has 2 atom stereocenters. The summed E-state index contributed by atoms with van der Waals surface area (Å²) in [5.74, 6) is -0.426. The molecule has 3 rings (SSSR count). The molecule has 1 amide bonds. The molecule has 1 aliphatic rings. The van der Waals surface area contributed by atoms with Crippen LogP contribution in [0.25, 0.3) is 0 Å². The third-order valence-electron chi connectivity index (χ3n) is 4.35. The number of rotatable bonds is 4. The van der Waals surface area contributed by atoms with Crippen molar-refractivity contribution in [2.45, 2.75) is 18.7 Å². The minimum atomic E-state index is -4.73. The van der Waals surface area contributed by atoms with Crippen LogP contribution in [0.4, 0.5) is 18.9 Å². The van der Waals surface area contributed by atoms with Gasteiger partial charge in [-0.3, -0.25) is 4.79 Å². The Labute approximate surface area is 149 Å². The molecular weight excluding hydrogens is 345 g/mol. The van der Waals surface area contributed by atoms with Gasteiger partial charge in [-0.05, 0) is 42.2 Å². The van der Waals surface area contributed by atoms with Gasteiger partial charge < -0.3 is 15.4 Å². The third-order valence-corrected chi connectivity index (χ3v) is 4.35. The highest BCUT2D eigenvalue weighted by Crippen LogP contribution is 2.28. The Balaban J connectivity index is 1.59. The van der Waals surface area contributed by atoms with Crippen molar-refractivity contribution in [3.63, 3.8) is 0 Å². The maximum atomic E-state index is 12.5. The van der Waals surface area contributed by atoms with Gasteiger partial charge in [-0.2, -0.15) is 0 Å². The number of halogens is 3. The van der Waals surface area contributed by atoms with Gasteiger partial charge in [0.25, 0.3) is 0 Å². The molecule has 0 bridgehead atoms. The number of hydrogen-bond donors (Lipinski definition) is 2. The van der Waals surface area contributed by atoms with Crippen molar-refractivity contribution >= 4 is 11.6 Å². The largest absolute Gasteiger partial charge is 0.573 e. The Morgan fingerprint density at radius 1 is 1.04 bits per heavy atom. The molecule has 2 N–H and O–H groups in total. The van der Waals surface area contributed by atoms with Gasteiger partial charge in [0, 0.05) is 18.8 Å². The van der Waals surface area contributed by atoms with E-state index in [2.05, 4.69) is 15.4 Å². The van der Waals surface area contributed by atoms with E-state index in [4.69, 9.17) is 0 Å². The van der Waals surface area contributed by atoms with Gasteiger partial charge in [-0.1, -0.05) is 30.3 Å². The first kappa shape index (κ1) is 18.3. The first-order valence-corrected chi connectivity index (χ1v) is 8.33. The Kier molecular flexibility index (Phi) is 5.46. The molecule has 7 heteroatoms. The summed E-state index contributed by atoms with van der Waals surface area (Å²) in [6, 6.07) is 15.1. The van der Waals surface area contributed by atoms with Crippen LogP contribution >= 0.6 is 0 Å². The lowest BCUT2D eigenvalue weighted by atomic mass is 9.85. The number of amides is 1. The van der Waals surface area contributed by atoms with E-state index in [1.807, 2.05) is 30.3 Å². The summed E-state index contributed by atoms with van der Waals surface area (Å²) < 4.78 is 40.3. The number of anilines is 1. The highest BCUT2D eigenvalue weighted by atomic mass is 19.4. The zero-order valence-corrected chi connectivity index (χ0v) is 13.9. The highest BCUT2D eigenvalue weighted by Gasteiger charge is 2.31. The van der Waals surface area contributed by atoms with Crippen molar-refractivity contribution < 1.29 is 22.7 Å². The van der Waals surface area contributed by atoms with Gasteiger partial charge in [-0.15, -0.1) is 13.2 Å². The normalized spacial score (nSPS) is 20.4. The molecular formula is C19H19F3N2O2. The van der Waals surface area contributed by atoms with Crippen LogP contribution in [-0.2, 0) is 4.79 Å². The molecule has 0 saturated carbocycles. The topological polar surface area (TPSA) is 50.4 Å². The van der Waals surface area contributed by atoms with Gasteiger partial charge in [0.2, 0.25) is 5.91 Å². The van der Waals surface area contributed by atoms with Gasteiger partial charge in [0.05, 0.1) is 5.92 Å². The zero-order chi connectivity index (χ0) is 18.6. The second-order valence-corrected chi connectivity index (χ2v) is 6.26. The summed E-state index contributed by atoms with van der Waals surface area (Å²) in [6.07, 6.45) is -4.01. The fraction of sp³-hybridized carbons (Fsp3) is 0.316. The summed E-state index contributed by atoms with van der Waals surface area (Å²) in [7, 11) is 0. The Bertz CT molecular complexity index is 733. The number of piperidine rings is 1. The molecule has 1 saturated heterocycles. The summed E-state index contributed by atoms with van der Waals surface area (Å²) in [6.45, 7) is 1.39. The zero-order valence-electron chi connectivity index (χ0n) is 13.9. The lowest BCUT2D eigenvalue weighted by Crippen LogP contribution is -2.40. The molecule has 0 unspecified atom stereocenters. The van der Waals surface area contributed by atoms with E-state index in [0.29, 0.717) is 12.2 Å². The average molecular weight is 364 g/mol. The van der Waals surface area contributed by atoms with Crippen molar-refractivity contribution in [2.75, 3.05) is 18.4 Å². The fourth-order valence-corrected chi connectivity index (χ4v) is 3.11. The third kappa shape index (κ3) is 4.98. The van der Waals surface area contributed by atoms with Crippen LogP contribution in [0.3, 0.4) is 0 Å². The quantitative estimate of drug-likeness (QED) is 0.865. The predicted molar refractivity (Wildman–Crippen MR) is 91.9 cm³/mol. The van der Waals surface area contributed by atoms with E-state index in [1.165, 1.54) is 29.8 Å². The average Bonchev–Trinajstić information content (AvgIpc) is 2.63. The molecule has 1 fully saturated rings. The van der Waals surface area contributed by atoms with Crippen LogP contribution in [0.2, 0.25) is 0 Å². The van der Waals surface area contributed by atoms with E-state index in [9.17, 15) is 18.0 Å². The van der Waals surface area contributed by atoms with Crippen LogP contribution < -0.4 is 15.4 Å². The van der Waals surface area contributed by atoms with Crippen LogP contribution in [0.5, 0.6) is 5.75 Å². The van der Waals surface area contributed by atoms with Crippen LogP contribution in [0.1, 0.15) is 17.9 Å². The number of benzene rings is 2. The van der Waals surface area contributed by atoms with E-state index < -0.39 is 6.36 Å². The molecule has 2 aromatic rings. The molecule has 138 valence electrons. The van der Waals surface area contributed by atoms with Crippen molar-refractivity contribution in [2.24, 2.45) is 5.92 Å². The molecule has 0 radical (unpaired) electrons. The summed E-state index contributed by atoms with van der Waals surface area (Å²) in [5, 5.41) is 6.04. The number of ether oxygens (including phenoxy) is 1. The van der Waals surface area contributed by atoms with Crippen molar-refractivity contribution in [3.05, 3.63) is 60.2 Å². The molecule has 0 aliphatic carbocycles. The Hall–Kier alpha value is -2.54. The maximum Gasteiger partial charge on any atom is 0.573 e. The molecule has 26 heavy (non-hydrogen) atoms. The highest BCUT2D eigenvalue weighted by molar-refractivity contribution is 5.92. The van der Waals surface area contributed by atoms with E-state index >= 15 is 0 Å². The predicted octanol–water partition coefficient (Wildman–Crippen LogP) is 3.92. The van der Waals surface area contributed by atoms with Crippen molar-refractivity contribution in [3.8, 4) is 5.75 Å². The van der Waals surface area contributed by atoms with Gasteiger partial charge in [0.1, 0.15) is 5.75 Å². The summed E-state index contributed by atoms with van der Waals surface area (Å²) in [4.78, 5) is 12.5. The first-order valence-electron chi connectivity index (χ1n) is 8.33. The molecule has 2 aromatic carbocycles. The number of alkyl halides is 3. The maximum absolute atomic E-state index is 12.5. The minimum Gasteiger partial charge on any atom is -0.406 e. The summed E-state index contributed by atoms with van der Waals surface area (Å²) >= 11 is 0. The van der Waals surface area contributed by atoms with E-state index in [-0.39, 0.29) is 23.5 Å². The Morgan fingerprint density at radius 3 is 2.38 bits per heavy atom. The summed E-state index contributed by atoms with van der Waals surface area (Å²) in [5.41, 5.74) is 1.62. The van der Waals surface area contributed by atoms with Crippen molar-refractivity contribution in [1.29, 1.82) is 0 Å². The lowest BCUT2D eigenvalue weighted by molar-refractivity contribution is -0.274. The molecule has 0 spiro atoms. The SMILES string of the molecule is O=C(Nc1ccc(OC(F)(F)F)cc1)[C@@H]1CNC[C@H](c2ccccc2)C1. The number of nitrogens with one attached hydrogen (secondary N) is 2. The minimum absolute atomic E-state index is 0.150. The van der Waals surface area contributed by atoms with Crippen LogP contribution in [-0.4, -0.2) is 25.4 Å².